The fourth-order valence-corrected chi connectivity index (χ4v) is 4.55. The first-order valence-corrected chi connectivity index (χ1v) is 10.8. The topological polar surface area (TPSA) is 62.3 Å². The van der Waals surface area contributed by atoms with E-state index in [1.165, 1.54) is 5.56 Å². The largest absolute Gasteiger partial charge is 0.356 e. The van der Waals surface area contributed by atoms with Crippen molar-refractivity contribution < 1.29 is 9.59 Å². The van der Waals surface area contributed by atoms with Crippen LogP contribution in [-0.4, -0.2) is 41.3 Å². The second kappa shape index (κ2) is 8.82. The van der Waals surface area contributed by atoms with Crippen LogP contribution in [-0.2, 0) is 11.2 Å². The summed E-state index contributed by atoms with van der Waals surface area (Å²) < 4.78 is 0. The maximum atomic E-state index is 12.8. The molecule has 2 heterocycles. The van der Waals surface area contributed by atoms with Gasteiger partial charge >= 0.3 is 0 Å². The van der Waals surface area contributed by atoms with Gasteiger partial charge in [0.25, 0.3) is 5.91 Å². The van der Waals surface area contributed by atoms with Gasteiger partial charge in [0.15, 0.2) is 0 Å². The number of carbonyl (C=O) groups is 2. The quantitative estimate of drug-likeness (QED) is 0.717. The van der Waals surface area contributed by atoms with Crippen molar-refractivity contribution >= 4 is 17.9 Å². The van der Waals surface area contributed by atoms with Crippen LogP contribution in [0.3, 0.4) is 0 Å². The van der Waals surface area contributed by atoms with Gasteiger partial charge in [-0.2, -0.15) is 0 Å². The lowest BCUT2D eigenvalue weighted by molar-refractivity contribution is -0.123. The Hall–Kier alpha value is -2.95. The van der Waals surface area contributed by atoms with Crippen molar-refractivity contribution in [2.75, 3.05) is 19.6 Å². The minimum absolute atomic E-state index is 0.0817. The number of nitrogens with zero attached hydrogens (tertiary/aromatic N) is 2. The zero-order valence-electron chi connectivity index (χ0n) is 17.3. The summed E-state index contributed by atoms with van der Waals surface area (Å²) in [6.07, 6.45) is 10.0. The van der Waals surface area contributed by atoms with Gasteiger partial charge in [0.2, 0.25) is 5.91 Å². The van der Waals surface area contributed by atoms with Gasteiger partial charge in [-0.05, 0) is 72.9 Å². The number of piperidine rings is 1. The Labute approximate surface area is 178 Å². The van der Waals surface area contributed by atoms with Gasteiger partial charge in [0, 0.05) is 43.5 Å². The Morgan fingerprint density at radius 2 is 1.83 bits per heavy atom. The average Bonchev–Trinajstić information content (AvgIpc) is 3.50. The molecule has 1 atom stereocenters. The smallest absolute Gasteiger partial charge is 0.253 e. The molecule has 4 rings (SSSR count). The van der Waals surface area contributed by atoms with E-state index in [9.17, 15) is 9.59 Å². The average molecular weight is 404 g/mol. The Balaban J connectivity index is 1.20. The van der Waals surface area contributed by atoms with E-state index in [-0.39, 0.29) is 23.1 Å². The molecular formula is C25H29N3O2. The summed E-state index contributed by atoms with van der Waals surface area (Å²) >= 11 is 0. The van der Waals surface area contributed by atoms with Crippen LogP contribution < -0.4 is 5.32 Å². The second-order valence-corrected chi connectivity index (χ2v) is 8.49. The molecule has 5 nitrogen and oxygen atoms in total. The molecule has 5 heteroatoms. The van der Waals surface area contributed by atoms with E-state index >= 15 is 0 Å². The van der Waals surface area contributed by atoms with Gasteiger partial charge in [-0.15, -0.1) is 0 Å². The number of benzene rings is 1. The van der Waals surface area contributed by atoms with Crippen molar-refractivity contribution in [3.63, 3.8) is 0 Å². The zero-order valence-corrected chi connectivity index (χ0v) is 17.3. The molecule has 1 saturated carbocycles. The van der Waals surface area contributed by atoms with Crippen LogP contribution in [0.2, 0.25) is 0 Å². The lowest BCUT2D eigenvalue weighted by atomic mass is 9.90. The molecule has 1 aliphatic carbocycles. The fourth-order valence-electron chi connectivity index (χ4n) is 4.55. The number of rotatable bonds is 7. The minimum atomic E-state index is 0.0817. The molecule has 1 aromatic carbocycles. The van der Waals surface area contributed by atoms with Crippen LogP contribution in [0, 0.1) is 11.3 Å². The molecule has 156 valence electrons. The third-order valence-corrected chi connectivity index (χ3v) is 6.64. The maximum absolute atomic E-state index is 12.8. The fraction of sp³-hybridized carbons (Fsp3) is 0.400. The number of aromatic nitrogens is 1. The number of carbonyl (C=O) groups excluding carboxylic acids is 2. The van der Waals surface area contributed by atoms with E-state index in [1.54, 1.807) is 18.5 Å². The lowest BCUT2D eigenvalue weighted by Gasteiger charge is -2.33. The molecule has 2 amide bonds. The van der Waals surface area contributed by atoms with Crippen LogP contribution in [0.5, 0.6) is 0 Å². The van der Waals surface area contributed by atoms with Crippen LogP contribution in [0.4, 0.5) is 0 Å². The second-order valence-electron chi connectivity index (χ2n) is 8.49. The number of hydrogen-bond acceptors (Lipinski definition) is 3. The van der Waals surface area contributed by atoms with Gasteiger partial charge in [-0.3, -0.25) is 14.6 Å². The van der Waals surface area contributed by atoms with Crippen molar-refractivity contribution in [2.45, 2.75) is 32.1 Å². The van der Waals surface area contributed by atoms with Gasteiger partial charge in [0.05, 0.1) is 0 Å². The number of amides is 2. The maximum Gasteiger partial charge on any atom is 0.253 e. The molecule has 2 fully saturated rings. The Morgan fingerprint density at radius 3 is 2.50 bits per heavy atom. The van der Waals surface area contributed by atoms with E-state index < -0.39 is 0 Å². The first kappa shape index (κ1) is 20.3. The molecule has 1 saturated heterocycles. The summed E-state index contributed by atoms with van der Waals surface area (Å²) in [5.41, 5.74) is 3.09. The van der Waals surface area contributed by atoms with Gasteiger partial charge < -0.3 is 10.2 Å². The summed E-state index contributed by atoms with van der Waals surface area (Å²) in [5, 5.41) is 3.11. The van der Waals surface area contributed by atoms with Crippen LogP contribution in [0.25, 0.3) is 6.08 Å². The summed E-state index contributed by atoms with van der Waals surface area (Å²) in [6, 6.07) is 11.6. The highest BCUT2D eigenvalue weighted by molar-refractivity contribution is 5.94. The predicted molar refractivity (Wildman–Crippen MR) is 118 cm³/mol. The molecule has 1 N–H and O–H groups in total. The van der Waals surface area contributed by atoms with E-state index in [1.807, 2.05) is 41.3 Å². The van der Waals surface area contributed by atoms with E-state index in [4.69, 9.17) is 0 Å². The predicted octanol–water partition coefficient (Wildman–Crippen LogP) is 3.72. The zero-order chi connectivity index (χ0) is 21.0. The molecule has 0 unspecified atom stereocenters. The molecule has 30 heavy (non-hydrogen) atoms. The van der Waals surface area contributed by atoms with Crippen molar-refractivity contribution in [1.82, 2.24) is 15.2 Å². The molecule has 0 bridgehead atoms. The highest BCUT2D eigenvalue weighted by Gasteiger charge is 2.58. The number of nitrogens with one attached hydrogen (secondary N) is 1. The van der Waals surface area contributed by atoms with E-state index in [0.717, 1.165) is 56.3 Å². The van der Waals surface area contributed by atoms with Crippen molar-refractivity contribution in [2.24, 2.45) is 11.3 Å². The summed E-state index contributed by atoms with van der Waals surface area (Å²) in [5.74, 6) is 0.380. The molecule has 2 aliphatic rings. The Kier molecular flexibility index (Phi) is 5.98. The first-order chi connectivity index (χ1) is 14.6. The Bertz CT molecular complexity index is 900. The number of hydrogen-bond donors (Lipinski definition) is 1. The number of pyridine rings is 1. The highest BCUT2D eigenvalue weighted by atomic mass is 16.2. The van der Waals surface area contributed by atoms with Gasteiger partial charge in [0.1, 0.15) is 0 Å². The van der Waals surface area contributed by atoms with E-state index in [2.05, 4.69) is 16.9 Å². The van der Waals surface area contributed by atoms with E-state index in [0.29, 0.717) is 6.54 Å². The first-order valence-electron chi connectivity index (χ1n) is 10.8. The molecule has 1 aliphatic heterocycles. The minimum Gasteiger partial charge on any atom is -0.356 e. The molecule has 1 aromatic heterocycles. The lowest BCUT2D eigenvalue weighted by Crippen LogP contribution is -2.40. The van der Waals surface area contributed by atoms with Gasteiger partial charge in [-0.25, -0.2) is 0 Å². The summed E-state index contributed by atoms with van der Waals surface area (Å²) in [4.78, 5) is 31.3. The standard InChI is InChI=1S/C25H29N3O2/c1-2-19-5-7-21(8-6-19)24(30)28-16-11-25(12-17-28)18-22(25)23(29)27-13-3-4-20-9-14-26-15-10-20/h2,5-10,14-15,22H,1,3-4,11-13,16-18H2,(H,27,29)/t22-/m0/s1. The number of likely N-dealkylation sites (tertiary alicyclic amines) is 1. The highest BCUT2D eigenvalue weighted by Crippen LogP contribution is 2.59. The molecule has 1 spiro atoms. The van der Waals surface area contributed by atoms with Crippen LogP contribution >= 0.6 is 0 Å². The molecule has 0 radical (unpaired) electrons. The molecular weight excluding hydrogens is 374 g/mol. The Morgan fingerprint density at radius 1 is 1.13 bits per heavy atom. The van der Waals surface area contributed by atoms with Crippen molar-refractivity contribution in [3.05, 3.63) is 72.1 Å². The van der Waals surface area contributed by atoms with Crippen molar-refractivity contribution in [3.8, 4) is 0 Å². The van der Waals surface area contributed by atoms with Crippen molar-refractivity contribution in [1.29, 1.82) is 0 Å². The van der Waals surface area contributed by atoms with Gasteiger partial charge in [-0.1, -0.05) is 24.8 Å². The third kappa shape index (κ3) is 4.45. The summed E-state index contributed by atoms with van der Waals surface area (Å²) in [7, 11) is 0. The van der Waals surface area contributed by atoms with Crippen LogP contribution in [0.15, 0.2) is 55.4 Å². The summed E-state index contributed by atoms with van der Waals surface area (Å²) in [6.45, 7) is 5.91. The SMILES string of the molecule is C=Cc1ccc(C(=O)N2CCC3(CC2)C[C@H]3C(=O)NCCCc2ccncc2)cc1. The monoisotopic (exact) mass is 403 g/mol. The molecule has 2 aromatic rings. The third-order valence-electron chi connectivity index (χ3n) is 6.64. The normalized spacial score (nSPS) is 19.3. The van der Waals surface area contributed by atoms with Crippen LogP contribution in [0.1, 0.15) is 47.2 Å². The number of aryl methyl sites for hydroxylation is 1.